The Morgan fingerprint density at radius 1 is 0.422 bits per heavy atom. The average molecular weight is 1620 g/mol. The van der Waals surface area contributed by atoms with Crippen LogP contribution in [0.2, 0.25) is 0 Å². The first-order valence-corrected chi connectivity index (χ1v) is 47.0. The molecule has 0 saturated heterocycles. The summed E-state index contributed by atoms with van der Waals surface area (Å²) in [7, 11) is 0. The number of aliphatic carboxylic acids is 1. The zero-order valence-corrected chi connectivity index (χ0v) is 74.2. The van der Waals surface area contributed by atoms with E-state index < -0.39 is 5.97 Å². The fourth-order valence-electron chi connectivity index (χ4n) is 17.2. The number of thiophene rings is 2. The van der Waals surface area contributed by atoms with Gasteiger partial charge in [0.25, 0.3) is 0 Å². The predicted molar refractivity (Wildman–Crippen MR) is 494 cm³/mol. The zero-order valence-electron chi connectivity index (χ0n) is 71.8. The molecule has 616 valence electrons. The average Bonchev–Trinajstić information content (AvgIpc) is 1.54. The molecule has 6 unspecified atom stereocenters. The van der Waals surface area contributed by atoms with Gasteiger partial charge in [-0.25, -0.2) is 4.79 Å². The lowest BCUT2D eigenvalue weighted by Gasteiger charge is -2.37. The van der Waals surface area contributed by atoms with Crippen LogP contribution in [-0.2, 0) is 10.2 Å². The molecule has 0 amide bonds. The molecule has 0 aliphatic heterocycles. The number of rotatable bonds is 50. The van der Waals surface area contributed by atoms with Crippen molar-refractivity contribution in [1.82, 2.24) is 8.75 Å². The van der Waals surface area contributed by atoms with Crippen LogP contribution >= 0.6 is 34.4 Å². The van der Waals surface area contributed by atoms with E-state index >= 15 is 0 Å². The van der Waals surface area contributed by atoms with Crippen LogP contribution in [0.5, 0.6) is 23.0 Å². The maximum Gasteiger partial charge on any atom is 0.346 e. The van der Waals surface area contributed by atoms with Crippen molar-refractivity contribution in [1.29, 1.82) is 5.26 Å². The van der Waals surface area contributed by atoms with E-state index in [1.165, 1.54) is 151 Å². The minimum Gasteiger partial charge on any atom is -0.493 e. The van der Waals surface area contributed by atoms with Gasteiger partial charge in [0.2, 0.25) is 0 Å². The summed E-state index contributed by atoms with van der Waals surface area (Å²) in [5.74, 6) is 5.30. The van der Waals surface area contributed by atoms with Crippen molar-refractivity contribution in [3.05, 3.63) is 180 Å². The molecule has 3 aromatic heterocycles. The molecular weight excluding hydrogens is 1490 g/mol. The highest BCUT2D eigenvalue weighted by molar-refractivity contribution is 7.26. The molecule has 13 heteroatoms. The lowest BCUT2D eigenvalue weighted by atomic mass is 9.65. The summed E-state index contributed by atoms with van der Waals surface area (Å²) in [6, 6.07) is 59.5. The van der Waals surface area contributed by atoms with Crippen molar-refractivity contribution < 1.29 is 28.8 Å². The number of hydrogen-bond donors (Lipinski definition) is 1. The van der Waals surface area contributed by atoms with Gasteiger partial charge in [-0.3, -0.25) is 0 Å². The van der Waals surface area contributed by atoms with E-state index in [1.54, 1.807) is 0 Å². The smallest absolute Gasteiger partial charge is 0.346 e. The number of carbonyl (C=O) groups is 1. The number of hydrogen-bond acceptors (Lipinski definition) is 12. The minimum atomic E-state index is -1.22. The van der Waals surface area contributed by atoms with Crippen LogP contribution in [0.4, 0.5) is 17.1 Å². The SMILES string of the molecule is CCCCC(CC)COc1ccc(-c2ccc(N(c3ccc(-c4ccc(OCC(CC)CCCC)cc4OCC(CC)CCCC)cc3)c3ccc(-c4ccc(-c5cc6c(s5)-c5sc(-c7ccc(/C=C(\C#N)C(=O)O)cc7)cc5C6(CC(CC)CCCC)CC(CC)CCCC)c5nsnc45)cc3)cc2)c(OCC(CC)CCCC)c1. The molecular formula is C103H130N4O6S3. The Morgan fingerprint density at radius 3 is 1.16 bits per heavy atom. The highest BCUT2D eigenvalue weighted by Gasteiger charge is 2.48. The molecule has 1 N–H and O–H groups in total. The Morgan fingerprint density at radius 2 is 0.767 bits per heavy atom. The van der Waals surface area contributed by atoms with E-state index in [0.29, 0.717) is 67.5 Å². The Bertz CT molecular complexity index is 4630. The second kappa shape index (κ2) is 44.3. The van der Waals surface area contributed by atoms with Crippen molar-refractivity contribution in [2.24, 2.45) is 35.5 Å². The monoisotopic (exact) mass is 1610 g/mol. The van der Waals surface area contributed by atoms with Crippen LogP contribution in [0.15, 0.2) is 163 Å². The third-order valence-corrected chi connectivity index (χ3v) is 28.0. The third kappa shape index (κ3) is 22.0. The van der Waals surface area contributed by atoms with E-state index in [0.717, 1.165) is 160 Å². The molecule has 116 heavy (non-hydrogen) atoms. The van der Waals surface area contributed by atoms with Gasteiger partial charge in [0.1, 0.15) is 45.7 Å². The summed E-state index contributed by atoms with van der Waals surface area (Å²) in [6.07, 6.45) is 31.6. The number of carboxylic acids is 1. The zero-order chi connectivity index (χ0) is 81.9. The molecule has 3 heterocycles. The highest BCUT2D eigenvalue weighted by atomic mass is 32.1. The Labute approximate surface area is 707 Å². The number of anilines is 3. The number of fused-ring (bicyclic) bond motifs is 4. The third-order valence-electron chi connectivity index (χ3n) is 24.9. The molecule has 0 fully saturated rings. The second-order valence-electron chi connectivity index (χ2n) is 33.0. The topological polar surface area (TPSA) is 127 Å². The van der Waals surface area contributed by atoms with Gasteiger partial charge in [-0.1, -0.05) is 284 Å². The first-order valence-electron chi connectivity index (χ1n) is 44.6. The largest absolute Gasteiger partial charge is 0.493 e. The fourth-order valence-corrected chi connectivity index (χ4v) is 20.4. The molecule has 0 spiro atoms. The van der Waals surface area contributed by atoms with Crippen molar-refractivity contribution in [2.45, 2.75) is 255 Å². The molecule has 0 bridgehead atoms. The first kappa shape index (κ1) is 88.3. The molecule has 6 atom stereocenters. The van der Waals surface area contributed by atoms with Crippen LogP contribution in [0.1, 0.15) is 267 Å². The number of nitrogens with zero attached hydrogens (tertiary/aromatic N) is 4. The van der Waals surface area contributed by atoms with Crippen molar-refractivity contribution in [2.75, 3.05) is 31.3 Å². The molecule has 10 aromatic rings. The quantitative estimate of drug-likeness (QED) is 0.0291. The molecule has 10 nitrogen and oxygen atoms in total. The van der Waals surface area contributed by atoms with Gasteiger partial charge in [-0.05, 0) is 192 Å². The lowest BCUT2D eigenvalue weighted by Crippen LogP contribution is -2.31. The summed E-state index contributed by atoms with van der Waals surface area (Å²) in [5, 5.41) is 19.3. The van der Waals surface area contributed by atoms with Gasteiger partial charge >= 0.3 is 5.97 Å². The normalized spacial score (nSPS) is 14.8. The number of benzene rings is 7. The molecule has 11 rings (SSSR count). The van der Waals surface area contributed by atoms with Gasteiger partial charge in [0.15, 0.2) is 0 Å². The van der Waals surface area contributed by atoms with Crippen LogP contribution in [0.25, 0.3) is 81.1 Å². The van der Waals surface area contributed by atoms with Crippen molar-refractivity contribution in [3.63, 3.8) is 0 Å². The number of unbranched alkanes of at least 4 members (excludes halogenated alkanes) is 6. The van der Waals surface area contributed by atoms with Crippen molar-refractivity contribution in [3.8, 4) is 93.1 Å². The second-order valence-corrected chi connectivity index (χ2v) is 35.6. The first-order chi connectivity index (χ1) is 56.7. The van der Waals surface area contributed by atoms with E-state index in [1.807, 2.05) is 40.9 Å². The number of nitriles is 1. The highest BCUT2D eigenvalue weighted by Crippen LogP contribution is 2.63. The summed E-state index contributed by atoms with van der Waals surface area (Å²) in [6.45, 7) is 30.4. The molecule has 0 saturated carbocycles. The lowest BCUT2D eigenvalue weighted by molar-refractivity contribution is -0.132. The summed E-state index contributed by atoms with van der Waals surface area (Å²) in [5.41, 5.74) is 16.6. The van der Waals surface area contributed by atoms with E-state index in [2.05, 4.69) is 234 Å². The van der Waals surface area contributed by atoms with Gasteiger partial charge < -0.3 is 29.0 Å². The number of carboxylic acid groups (broad SMARTS) is 1. The fraction of sp³-hybridized carbons (Fsp3) is 0.476. The van der Waals surface area contributed by atoms with Gasteiger partial charge in [0, 0.05) is 76.4 Å². The van der Waals surface area contributed by atoms with Crippen LogP contribution < -0.4 is 23.8 Å². The van der Waals surface area contributed by atoms with E-state index in [-0.39, 0.29) is 11.0 Å². The van der Waals surface area contributed by atoms with E-state index in [4.69, 9.17) is 27.7 Å². The number of ether oxygens (including phenoxy) is 4. The molecule has 0 radical (unpaired) electrons. The van der Waals surface area contributed by atoms with Gasteiger partial charge in [-0.2, -0.15) is 14.0 Å². The minimum absolute atomic E-state index is 0.183. The number of aromatic nitrogens is 2. The Kier molecular flexibility index (Phi) is 33.7. The van der Waals surface area contributed by atoms with Crippen LogP contribution in [-0.4, -0.2) is 46.3 Å². The summed E-state index contributed by atoms with van der Waals surface area (Å²) < 4.78 is 37.4. The standard InChI is InChI=1S/C103H130N4O6S3/c1-13-25-31-71(19-7)64-103(65-72(20-8)32-26-14-2)92-62-96(81-39-37-77(38-40-81)59-82(66-104)102(108)109)114-100(92)101-93(103)63-97(115-101)91-58-57-90(98-99(91)106-116-105-98)80-45-51-85(52-46-80)107(83-47-41-78(42-48-83)88-55-53-86(110-67-73(21-9)33-27-15-3)60-94(88)112-69-75(23-11)35-29-17-5)84-49-43-79(44-50-84)89-56-54-87(111-68-74(22-10)34-28-16-4)61-95(89)113-70-76(24-12)36-30-18-6/h37-63,71-76H,13-36,64-65,67-70H2,1-12H3,(H,108,109)/b82-59+. The molecule has 1 aliphatic rings. The maximum atomic E-state index is 11.8. The Balaban J connectivity index is 0.977. The van der Waals surface area contributed by atoms with E-state index in [9.17, 15) is 15.2 Å². The molecule has 7 aromatic carbocycles. The maximum absolute atomic E-state index is 11.8. The van der Waals surface area contributed by atoms with Crippen molar-refractivity contribution >= 4 is 74.5 Å². The summed E-state index contributed by atoms with van der Waals surface area (Å²) >= 11 is 5.09. The Hall–Kier alpha value is -8.54. The van der Waals surface area contributed by atoms with Gasteiger partial charge in [-0.15, -0.1) is 22.7 Å². The molecule has 1 aliphatic carbocycles. The van der Waals surface area contributed by atoms with Crippen LogP contribution in [0, 0.1) is 46.8 Å². The van der Waals surface area contributed by atoms with Crippen LogP contribution in [0.3, 0.4) is 0 Å². The van der Waals surface area contributed by atoms with Gasteiger partial charge in [0.05, 0.1) is 38.2 Å². The summed E-state index contributed by atoms with van der Waals surface area (Å²) in [4.78, 5) is 19.4. The predicted octanol–water partition coefficient (Wildman–Crippen LogP) is 31.5.